The second-order valence-corrected chi connectivity index (χ2v) is 27.1. The van der Waals surface area contributed by atoms with Gasteiger partial charge in [0.25, 0.3) is 0 Å². The van der Waals surface area contributed by atoms with Gasteiger partial charge in [0, 0.05) is 6.42 Å². The van der Waals surface area contributed by atoms with Crippen molar-refractivity contribution in [2.45, 2.75) is 388 Å². The third-order valence-electron chi connectivity index (χ3n) is 18.9. The van der Waals surface area contributed by atoms with Crippen LogP contribution in [0, 0.1) is 0 Å². The maximum Gasteiger partial charge on any atom is 0.220 e. The molecule has 17 atom stereocenters. The Morgan fingerprint density at radius 3 is 1.14 bits per heavy atom. The summed E-state index contributed by atoms with van der Waals surface area (Å²) in [5.41, 5.74) is 0. The molecule has 0 radical (unpaired) electrons. The summed E-state index contributed by atoms with van der Waals surface area (Å²) in [4.78, 5) is 13.5. The molecule has 0 saturated carbocycles. The molecule has 3 aliphatic heterocycles. The number of allylic oxidation sites excluding steroid dienone is 10. The van der Waals surface area contributed by atoms with Gasteiger partial charge >= 0.3 is 0 Å². The lowest BCUT2D eigenvalue weighted by molar-refractivity contribution is -0.379. The quantitative estimate of drug-likeness (QED) is 0.0199. The Bertz CT molecular complexity index is 1950. The van der Waals surface area contributed by atoms with E-state index in [2.05, 4.69) is 79.9 Å². The van der Waals surface area contributed by atoms with Crippen LogP contribution >= 0.6 is 0 Å². The Labute approximate surface area is 573 Å². The summed E-state index contributed by atoms with van der Waals surface area (Å²) in [7, 11) is 0. The topological polar surface area (TPSA) is 307 Å². The first-order chi connectivity index (χ1) is 46.3. The van der Waals surface area contributed by atoms with Crippen molar-refractivity contribution >= 4 is 5.91 Å². The zero-order chi connectivity index (χ0) is 68.9. The van der Waals surface area contributed by atoms with Crippen molar-refractivity contribution in [2.75, 3.05) is 26.4 Å². The van der Waals surface area contributed by atoms with Gasteiger partial charge in [-0.3, -0.25) is 4.79 Å². The first kappa shape index (κ1) is 86.7. The summed E-state index contributed by atoms with van der Waals surface area (Å²) in [5, 5.41) is 121. The maximum absolute atomic E-state index is 13.5. The van der Waals surface area contributed by atoms with Crippen LogP contribution in [0.3, 0.4) is 0 Å². The third kappa shape index (κ3) is 38.2. The summed E-state index contributed by atoms with van der Waals surface area (Å²) in [6.45, 7) is 1.70. The highest BCUT2D eigenvalue weighted by Crippen LogP contribution is 2.33. The van der Waals surface area contributed by atoms with E-state index in [-0.39, 0.29) is 18.9 Å². The number of carbonyl (C=O) groups is 1. The maximum atomic E-state index is 13.5. The number of rotatable bonds is 59. The highest BCUT2D eigenvalue weighted by Gasteiger charge is 2.53. The molecule has 0 aromatic heterocycles. The molecular weight excluding hydrogens is 1210 g/mol. The minimum Gasteiger partial charge on any atom is -0.394 e. The Hall–Kier alpha value is -2.51. The summed E-state index contributed by atoms with van der Waals surface area (Å²) in [6.07, 6.45) is 44.6. The molecule has 0 aromatic carbocycles. The van der Waals surface area contributed by atoms with Crippen molar-refractivity contribution in [1.29, 1.82) is 0 Å². The van der Waals surface area contributed by atoms with Gasteiger partial charge < -0.3 is 89.9 Å². The summed E-state index contributed by atoms with van der Waals surface area (Å²) >= 11 is 0. The van der Waals surface area contributed by atoms with E-state index in [1.54, 1.807) is 0 Å². The molecule has 1 amide bonds. The van der Waals surface area contributed by atoms with Crippen LogP contribution in [-0.2, 0) is 33.2 Å². The van der Waals surface area contributed by atoms with Crippen LogP contribution < -0.4 is 5.32 Å². The minimum atomic E-state index is -1.97. The van der Waals surface area contributed by atoms with Gasteiger partial charge in [0.15, 0.2) is 18.9 Å². The molecule has 3 aliphatic rings. The predicted octanol–water partition coefficient (Wildman–Crippen LogP) is 11.5. The third-order valence-corrected chi connectivity index (χ3v) is 18.9. The number of aliphatic hydroxyl groups excluding tert-OH is 11. The molecule has 0 aliphatic carbocycles. The lowest BCUT2D eigenvalue weighted by Gasteiger charge is -2.48. The zero-order valence-corrected chi connectivity index (χ0v) is 58.9. The molecule has 3 heterocycles. The fourth-order valence-electron chi connectivity index (χ4n) is 12.8. The first-order valence-electron chi connectivity index (χ1n) is 38.0. The largest absolute Gasteiger partial charge is 0.394 e. The van der Waals surface area contributed by atoms with Gasteiger partial charge in [0.1, 0.15) is 73.2 Å². The van der Waals surface area contributed by atoms with E-state index >= 15 is 0 Å². The Morgan fingerprint density at radius 1 is 0.389 bits per heavy atom. The molecule has 3 rings (SSSR count). The number of aliphatic hydroxyl groups is 11. The van der Waals surface area contributed by atoms with Crippen molar-refractivity contribution in [2.24, 2.45) is 0 Å². The van der Waals surface area contributed by atoms with E-state index < -0.39 is 124 Å². The van der Waals surface area contributed by atoms with E-state index in [4.69, 9.17) is 28.4 Å². The Balaban J connectivity index is 1.33. The second-order valence-electron chi connectivity index (χ2n) is 27.1. The van der Waals surface area contributed by atoms with Crippen LogP contribution in [0.25, 0.3) is 0 Å². The molecule has 0 aromatic rings. The van der Waals surface area contributed by atoms with Crippen molar-refractivity contribution in [3.8, 4) is 0 Å². The lowest BCUT2D eigenvalue weighted by Crippen LogP contribution is -2.66. The lowest BCUT2D eigenvalue weighted by atomic mass is 9.96. The smallest absolute Gasteiger partial charge is 0.220 e. The number of hydrogen-bond donors (Lipinski definition) is 12. The molecule has 0 spiro atoms. The summed E-state index contributed by atoms with van der Waals surface area (Å²) in [5.74, 6) is -0.240. The van der Waals surface area contributed by atoms with Gasteiger partial charge in [-0.1, -0.05) is 280 Å². The van der Waals surface area contributed by atoms with Gasteiger partial charge in [-0.2, -0.15) is 0 Å². The van der Waals surface area contributed by atoms with Crippen LogP contribution in [0.5, 0.6) is 0 Å². The molecule has 95 heavy (non-hydrogen) atoms. The number of ether oxygens (including phenoxy) is 6. The van der Waals surface area contributed by atoms with E-state index in [9.17, 15) is 61.0 Å². The molecule has 19 heteroatoms. The molecule has 19 nitrogen and oxygen atoms in total. The fraction of sp³-hybridized carbons (Fsp3) is 0.855. The molecule has 0 bridgehead atoms. The molecule has 3 saturated heterocycles. The normalized spacial score (nSPS) is 27.5. The summed E-state index contributed by atoms with van der Waals surface area (Å²) < 4.78 is 34.4. The number of hydrogen-bond acceptors (Lipinski definition) is 18. The van der Waals surface area contributed by atoms with E-state index in [1.165, 1.54) is 173 Å². The Morgan fingerprint density at radius 2 is 0.726 bits per heavy atom. The van der Waals surface area contributed by atoms with E-state index in [1.807, 2.05) is 0 Å². The number of carbonyl (C=O) groups excluding carboxylic acids is 1. The van der Waals surface area contributed by atoms with Crippen molar-refractivity contribution in [1.82, 2.24) is 5.32 Å². The minimum absolute atomic E-state index is 0.240. The van der Waals surface area contributed by atoms with Crippen LogP contribution in [0.2, 0.25) is 0 Å². The zero-order valence-electron chi connectivity index (χ0n) is 58.9. The van der Waals surface area contributed by atoms with Gasteiger partial charge in [0.2, 0.25) is 5.91 Å². The average molecular weight is 1350 g/mol. The highest BCUT2D eigenvalue weighted by molar-refractivity contribution is 5.76. The molecule has 12 N–H and O–H groups in total. The van der Waals surface area contributed by atoms with E-state index in [0.717, 1.165) is 77.0 Å². The number of unbranched alkanes of at least 4 members (excludes halogenated alkanes) is 33. The molecule has 17 unspecified atom stereocenters. The highest BCUT2D eigenvalue weighted by atomic mass is 16.8. The Kier molecular flexibility index (Phi) is 52.2. The second kappa shape index (κ2) is 57.2. The fourth-order valence-corrected chi connectivity index (χ4v) is 12.8. The molecule has 3 fully saturated rings. The molecule has 554 valence electrons. The first-order valence-corrected chi connectivity index (χ1v) is 38.0. The number of nitrogens with one attached hydrogen (secondary N) is 1. The summed E-state index contributed by atoms with van der Waals surface area (Å²) in [6, 6.07) is -0.887. The standard InChI is InChI=1S/C76H137NO18/c1-3-5-7-9-11-13-15-17-19-20-21-22-23-24-25-26-27-28-29-30-31-32-33-34-35-36-37-38-40-42-44-46-48-50-52-54-64(82)77-59(60(81)53-51-49-47-45-43-41-39-18-16-14-12-10-8-6-4-2)58-90-74-70(88)67(85)72(62(56-79)92-74)95-76-71(89)68(86)73(63(57-80)93-76)94-75-69(87)66(84)65(83)61(55-78)91-75/h5,7,11,13,17,19,21-22,24-25,59-63,65-76,78-81,83-89H,3-4,6,8-10,12,14-16,18,20,23,26-58H2,1-2H3,(H,77,82)/b7-5-,13-11-,19-17-,22-21-,25-24-. The number of amides is 1. The van der Waals surface area contributed by atoms with Crippen LogP contribution in [0.4, 0.5) is 0 Å². The van der Waals surface area contributed by atoms with E-state index in [0.29, 0.717) is 12.8 Å². The van der Waals surface area contributed by atoms with Crippen molar-refractivity contribution in [3.05, 3.63) is 60.8 Å². The average Bonchev–Trinajstić information content (AvgIpc) is 0.799. The van der Waals surface area contributed by atoms with Crippen molar-refractivity contribution < 1.29 is 89.4 Å². The van der Waals surface area contributed by atoms with Crippen LogP contribution in [-0.4, -0.2) is 193 Å². The SMILES string of the molecule is CC/C=C\C/C=C\C/C=C\C/C=C\C/C=C\CCCCCCCCCCCCCCCCCCCCCC(=O)NC(COC1OC(CO)C(OC2OC(CO)C(OC3OC(CO)C(O)C(O)C3O)C(O)C2O)C(O)C1O)C(O)CCCCCCCCCCCCCCCCC. The van der Waals surface area contributed by atoms with Gasteiger partial charge in [-0.25, -0.2) is 0 Å². The molecular formula is C76H137NO18. The monoisotopic (exact) mass is 1350 g/mol. The van der Waals surface area contributed by atoms with Crippen LogP contribution in [0.1, 0.15) is 284 Å². The van der Waals surface area contributed by atoms with Gasteiger partial charge in [0.05, 0.1) is 38.6 Å². The predicted molar refractivity (Wildman–Crippen MR) is 374 cm³/mol. The van der Waals surface area contributed by atoms with Crippen LogP contribution in [0.15, 0.2) is 60.8 Å². The van der Waals surface area contributed by atoms with Gasteiger partial charge in [-0.05, 0) is 57.8 Å². The van der Waals surface area contributed by atoms with Gasteiger partial charge in [-0.15, -0.1) is 0 Å². The van der Waals surface area contributed by atoms with Crippen molar-refractivity contribution in [3.63, 3.8) is 0 Å².